The minimum atomic E-state index is 0.444. The third-order valence-electron chi connectivity index (χ3n) is 3.70. The minimum Gasteiger partial charge on any atom is -0.271 e. The highest BCUT2D eigenvalue weighted by Crippen LogP contribution is 2.39. The molecule has 3 N–H and O–H groups in total. The zero-order valence-electron chi connectivity index (χ0n) is 11.2. The predicted molar refractivity (Wildman–Crippen MR) is 79.7 cm³/mol. The molecular weight excluding hydrogens is 240 g/mol. The molecule has 0 spiro atoms. The van der Waals surface area contributed by atoms with Gasteiger partial charge in [0.2, 0.25) is 0 Å². The fourth-order valence-electron chi connectivity index (χ4n) is 2.60. The fourth-order valence-corrected chi connectivity index (χ4v) is 4.03. The van der Waals surface area contributed by atoms with E-state index in [-0.39, 0.29) is 0 Å². The van der Waals surface area contributed by atoms with Crippen molar-refractivity contribution in [1.82, 2.24) is 5.43 Å². The molecule has 0 radical (unpaired) electrons. The zero-order chi connectivity index (χ0) is 12.8. The minimum absolute atomic E-state index is 0.444. The SMILES string of the molecule is CCCCCCC(NN)C1Cc2ccccc2S1. The third kappa shape index (κ3) is 3.50. The number of rotatable bonds is 7. The van der Waals surface area contributed by atoms with Gasteiger partial charge in [-0.1, -0.05) is 50.8 Å². The summed E-state index contributed by atoms with van der Waals surface area (Å²) in [6.45, 7) is 2.25. The average Bonchev–Trinajstić information content (AvgIpc) is 2.82. The lowest BCUT2D eigenvalue weighted by molar-refractivity contribution is 0.452. The van der Waals surface area contributed by atoms with Crippen LogP contribution >= 0.6 is 11.8 Å². The quantitative estimate of drug-likeness (QED) is 0.450. The van der Waals surface area contributed by atoms with Crippen LogP contribution in [0, 0.1) is 0 Å². The maximum atomic E-state index is 5.74. The number of hydrazine groups is 1. The molecule has 1 aliphatic rings. The first-order valence-electron chi connectivity index (χ1n) is 7.06. The number of nitrogens with two attached hydrogens (primary N) is 1. The van der Waals surface area contributed by atoms with Crippen LogP contribution in [0.4, 0.5) is 0 Å². The molecule has 1 heterocycles. The van der Waals surface area contributed by atoms with Crippen LogP contribution in [0.15, 0.2) is 29.2 Å². The lowest BCUT2D eigenvalue weighted by Gasteiger charge is -2.21. The topological polar surface area (TPSA) is 38.0 Å². The summed E-state index contributed by atoms with van der Waals surface area (Å²) in [4.78, 5) is 1.44. The first kappa shape index (κ1) is 13.9. The Labute approximate surface area is 115 Å². The van der Waals surface area contributed by atoms with Crippen molar-refractivity contribution in [3.63, 3.8) is 0 Å². The van der Waals surface area contributed by atoms with E-state index in [9.17, 15) is 0 Å². The largest absolute Gasteiger partial charge is 0.271 e. The average molecular weight is 264 g/mol. The molecule has 0 saturated carbocycles. The molecule has 1 aromatic rings. The van der Waals surface area contributed by atoms with Crippen LogP contribution in [0.3, 0.4) is 0 Å². The van der Waals surface area contributed by atoms with E-state index in [4.69, 9.17) is 5.84 Å². The van der Waals surface area contributed by atoms with Gasteiger partial charge in [0.25, 0.3) is 0 Å². The molecular formula is C15H24N2S. The van der Waals surface area contributed by atoms with Crippen molar-refractivity contribution in [1.29, 1.82) is 0 Å². The van der Waals surface area contributed by atoms with Crippen molar-refractivity contribution in [3.8, 4) is 0 Å². The maximum absolute atomic E-state index is 5.74. The molecule has 3 heteroatoms. The standard InChI is InChI=1S/C15H24N2S/c1-2-3-4-5-9-13(17-16)15-11-12-8-6-7-10-14(12)18-15/h6-8,10,13,15,17H,2-5,9,11,16H2,1H3. The molecule has 0 saturated heterocycles. The second-order valence-electron chi connectivity index (χ2n) is 5.09. The van der Waals surface area contributed by atoms with Gasteiger partial charge in [0.05, 0.1) is 0 Å². The summed E-state index contributed by atoms with van der Waals surface area (Å²) in [5, 5.41) is 0.606. The molecule has 0 bridgehead atoms. The Bertz CT molecular complexity index is 342. The van der Waals surface area contributed by atoms with Gasteiger partial charge < -0.3 is 0 Å². The lowest BCUT2D eigenvalue weighted by atomic mass is 10.0. The number of hydrogen-bond donors (Lipinski definition) is 2. The second kappa shape index (κ2) is 7.17. The first-order valence-corrected chi connectivity index (χ1v) is 7.93. The zero-order valence-corrected chi connectivity index (χ0v) is 12.0. The van der Waals surface area contributed by atoms with Crippen molar-refractivity contribution in [2.75, 3.05) is 0 Å². The van der Waals surface area contributed by atoms with Crippen LogP contribution in [-0.4, -0.2) is 11.3 Å². The highest BCUT2D eigenvalue weighted by atomic mass is 32.2. The van der Waals surface area contributed by atoms with Gasteiger partial charge in [0.1, 0.15) is 0 Å². The summed E-state index contributed by atoms with van der Waals surface area (Å²) in [5.41, 5.74) is 4.52. The molecule has 2 nitrogen and oxygen atoms in total. The Morgan fingerprint density at radius 1 is 1.33 bits per heavy atom. The molecule has 2 unspecified atom stereocenters. The Kier molecular flexibility index (Phi) is 5.54. The number of benzene rings is 1. The highest BCUT2D eigenvalue weighted by Gasteiger charge is 2.28. The number of hydrogen-bond acceptors (Lipinski definition) is 3. The summed E-state index contributed by atoms with van der Waals surface area (Å²) in [7, 11) is 0. The van der Waals surface area contributed by atoms with E-state index in [0.29, 0.717) is 11.3 Å². The number of unbranched alkanes of at least 4 members (excludes halogenated alkanes) is 3. The van der Waals surface area contributed by atoms with Gasteiger partial charge in [-0.05, 0) is 24.5 Å². The van der Waals surface area contributed by atoms with E-state index < -0.39 is 0 Å². The highest BCUT2D eigenvalue weighted by molar-refractivity contribution is 8.00. The maximum Gasteiger partial charge on any atom is 0.0336 e. The van der Waals surface area contributed by atoms with Crippen LogP contribution in [0.25, 0.3) is 0 Å². The van der Waals surface area contributed by atoms with Crippen LogP contribution in [0.1, 0.15) is 44.6 Å². The van der Waals surface area contributed by atoms with Gasteiger partial charge in [-0.2, -0.15) is 0 Å². The summed E-state index contributed by atoms with van der Waals surface area (Å²) in [6, 6.07) is 9.17. The van der Waals surface area contributed by atoms with E-state index in [1.807, 2.05) is 11.8 Å². The molecule has 0 aromatic heterocycles. The van der Waals surface area contributed by atoms with Crippen LogP contribution in [0.5, 0.6) is 0 Å². The van der Waals surface area contributed by atoms with Crippen LogP contribution in [-0.2, 0) is 6.42 Å². The molecule has 2 rings (SSSR count). The summed E-state index contributed by atoms with van der Waals surface area (Å²) >= 11 is 1.99. The molecule has 0 fully saturated rings. The van der Waals surface area contributed by atoms with Gasteiger partial charge in [0, 0.05) is 16.2 Å². The Morgan fingerprint density at radius 2 is 2.17 bits per heavy atom. The van der Waals surface area contributed by atoms with E-state index in [1.165, 1.54) is 42.6 Å². The Morgan fingerprint density at radius 3 is 2.89 bits per heavy atom. The smallest absolute Gasteiger partial charge is 0.0336 e. The van der Waals surface area contributed by atoms with E-state index in [0.717, 1.165) is 6.42 Å². The first-order chi connectivity index (χ1) is 8.85. The molecule has 100 valence electrons. The normalized spacial score (nSPS) is 19.8. The molecule has 1 aliphatic heterocycles. The van der Waals surface area contributed by atoms with E-state index in [2.05, 4.69) is 36.6 Å². The molecule has 0 amide bonds. The number of thioether (sulfide) groups is 1. The van der Waals surface area contributed by atoms with Gasteiger partial charge in [-0.3, -0.25) is 11.3 Å². The predicted octanol–water partition coefficient (Wildman–Crippen LogP) is 3.51. The Balaban J connectivity index is 1.84. The number of nitrogens with one attached hydrogen (secondary N) is 1. The molecule has 1 aromatic carbocycles. The molecule has 0 aliphatic carbocycles. The molecule has 2 atom stereocenters. The van der Waals surface area contributed by atoms with Crippen molar-refractivity contribution < 1.29 is 0 Å². The Hall–Kier alpha value is -0.510. The summed E-state index contributed by atoms with van der Waals surface area (Å²) in [6.07, 6.45) is 7.61. The van der Waals surface area contributed by atoms with Crippen molar-refractivity contribution in [3.05, 3.63) is 29.8 Å². The fraction of sp³-hybridized carbons (Fsp3) is 0.600. The monoisotopic (exact) mass is 264 g/mol. The van der Waals surface area contributed by atoms with Gasteiger partial charge >= 0.3 is 0 Å². The summed E-state index contributed by atoms with van der Waals surface area (Å²) < 4.78 is 0. The van der Waals surface area contributed by atoms with Gasteiger partial charge in [-0.15, -0.1) is 11.8 Å². The van der Waals surface area contributed by atoms with E-state index in [1.54, 1.807) is 0 Å². The van der Waals surface area contributed by atoms with E-state index >= 15 is 0 Å². The summed E-state index contributed by atoms with van der Waals surface area (Å²) in [5.74, 6) is 5.74. The van der Waals surface area contributed by atoms with Gasteiger partial charge in [-0.25, -0.2) is 0 Å². The van der Waals surface area contributed by atoms with Crippen molar-refractivity contribution in [2.24, 2.45) is 5.84 Å². The lowest BCUT2D eigenvalue weighted by Crippen LogP contribution is -2.42. The van der Waals surface area contributed by atoms with Crippen molar-refractivity contribution >= 4 is 11.8 Å². The van der Waals surface area contributed by atoms with Gasteiger partial charge in [0.15, 0.2) is 0 Å². The van der Waals surface area contributed by atoms with Crippen LogP contribution < -0.4 is 11.3 Å². The third-order valence-corrected chi connectivity index (χ3v) is 5.15. The van der Waals surface area contributed by atoms with Crippen LogP contribution in [0.2, 0.25) is 0 Å². The number of fused-ring (bicyclic) bond motifs is 1. The van der Waals surface area contributed by atoms with Crippen molar-refractivity contribution in [2.45, 2.75) is 61.6 Å². The molecule has 18 heavy (non-hydrogen) atoms. The second-order valence-corrected chi connectivity index (χ2v) is 6.37.